The van der Waals surface area contributed by atoms with Gasteiger partial charge >= 0.3 is 5.97 Å². The maximum Gasteiger partial charge on any atom is 0.319 e. The topological polar surface area (TPSA) is 57.0 Å². The van der Waals surface area contributed by atoms with Crippen molar-refractivity contribution in [2.24, 2.45) is 7.05 Å². The van der Waals surface area contributed by atoms with Gasteiger partial charge in [-0.05, 0) is 24.6 Å². The minimum Gasteiger partial charge on any atom is -0.460 e. The summed E-state index contributed by atoms with van der Waals surface area (Å²) < 4.78 is 7.02. The zero-order valence-corrected chi connectivity index (χ0v) is 12.7. The summed E-state index contributed by atoms with van der Waals surface area (Å²) in [6.07, 6.45) is 1.59. The first-order valence-electron chi connectivity index (χ1n) is 5.98. The van der Waals surface area contributed by atoms with Crippen LogP contribution in [-0.4, -0.2) is 26.0 Å². The first-order valence-corrected chi connectivity index (χ1v) is 7.24. The van der Waals surface area contributed by atoms with Gasteiger partial charge in [0, 0.05) is 12.1 Å². The van der Waals surface area contributed by atoms with E-state index in [1.807, 2.05) is 19.2 Å². The van der Waals surface area contributed by atoms with E-state index in [9.17, 15) is 4.79 Å². The second-order valence-electron chi connectivity index (χ2n) is 4.22. The van der Waals surface area contributed by atoms with Gasteiger partial charge in [0.05, 0.1) is 0 Å². The van der Waals surface area contributed by atoms with E-state index in [2.05, 4.69) is 10.2 Å². The predicted octanol–water partition coefficient (Wildman–Crippen LogP) is 2.69. The average molecular weight is 312 g/mol. The number of esters is 1. The van der Waals surface area contributed by atoms with Crippen LogP contribution in [0.15, 0.2) is 35.7 Å². The van der Waals surface area contributed by atoms with Crippen molar-refractivity contribution in [1.82, 2.24) is 14.8 Å². The number of hydrogen-bond donors (Lipinski definition) is 0. The summed E-state index contributed by atoms with van der Waals surface area (Å²) in [6.45, 7) is 2.02. The molecule has 7 heteroatoms. The maximum atomic E-state index is 11.9. The smallest absolute Gasteiger partial charge is 0.319 e. The maximum absolute atomic E-state index is 11.9. The second kappa shape index (κ2) is 6.76. The number of ether oxygens (including phenoxy) is 1. The van der Waals surface area contributed by atoms with Crippen LogP contribution in [0, 0.1) is 0 Å². The summed E-state index contributed by atoms with van der Waals surface area (Å²) in [4.78, 5) is 11.9. The molecule has 0 amide bonds. The van der Waals surface area contributed by atoms with Crippen molar-refractivity contribution in [2.45, 2.75) is 23.9 Å². The largest absolute Gasteiger partial charge is 0.460 e. The number of aryl methyl sites for hydroxylation is 1. The van der Waals surface area contributed by atoms with Crippen LogP contribution in [0.4, 0.5) is 0 Å². The van der Waals surface area contributed by atoms with Crippen LogP contribution in [0.1, 0.15) is 12.5 Å². The number of aromatic nitrogens is 3. The van der Waals surface area contributed by atoms with Crippen molar-refractivity contribution in [3.05, 3.63) is 41.2 Å². The fourth-order valence-electron chi connectivity index (χ4n) is 1.44. The molecule has 0 aliphatic carbocycles. The van der Waals surface area contributed by atoms with Crippen molar-refractivity contribution in [1.29, 1.82) is 0 Å². The van der Waals surface area contributed by atoms with E-state index >= 15 is 0 Å². The van der Waals surface area contributed by atoms with E-state index in [1.165, 1.54) is 11.8 Å². The highest BCUT2D eigenvalue weighted by atomic mass is 35.5. The third-order valence-corrected chi connectivity index (χ3v) is 3.96. The van der Waals surface area contributed by atoms with Crippen LogP contribution in [0.3, 0.4) is 0 Å². The van der Waals surface area contributed by atoms with Crippen LogP contribution in [0.5, 0.6) is 0 Å². The monoisotopic (exact) mass is 311 g/mol. The normalized spacial score (nSPS) is 12.2. The molecule has 0 bridgehead atoms. The van der Waals surface area contributed by atoms with E-state index in [-0.39, 0.29) is 17.8 Å². The Kier molecular flexibility index (Phi) is 5.03. The Bertz CT molecular complexity index is 586. The number of thioether (sulfide) groups is 1. The number of carbonyl (C=O) groups excluding carboxylic acids is 1. The van der Waals surface area contributed by atoms with Gasteiger partial charge < -0.3 is 9.30 Å². The number of carbonyl (C=O) groups is 1. The van der Waals surface area contributed by atoms with Gasteiger partial charge in [0.1, 0.15) is 18.2 Å². The van der Waals surface area contributed by atoms with Gasteiger partial charge in [0.15, 0.2) is 5.16 Å². The fourth-order valence-corrected chi connectivity index (χ4v) is 2.35. The van der Waals surface area contributed by atoms with E-state index in [1.54, 1.807) is 30.0 Å². The summed E-state index contributed by atoms with van der Waals surface area (Å²) in [5.74, 6) is -0.284. The van der Waals surface area contributed by atoms with Crippen LogP contribution in [0.25, 0.3) is 0 Å². The summed E-state index contributed by atoms with van der Waals surface area (Å²) in [5, 5.41) is 8.68. The van der Waals surface area contributed by atoms with Crippen molar-refractivity contribution in [2.75, 3.05) is 0 Å². The third-order valence-electron chi connectivity index (χ3n) is 2.58. The highest BCUT2D eigenvalue weighted by Gasteiger charge is 2.18. The molecule has 0 spiro atoms. The molecule has 2 aromatic rings. The van der Waals surface area contributed by atoms with Crippen LogP contribution in [0.2, 0.25) is 5.02 Å². The molecule has 0 aliphatic heterocycles. The van der Waals surface area contributed by atoms with E-state index in [0.717, 1.165) is 5.56 Å². The molecule has 1 unspecified atom stereocenters. The Morgan fingerprint density at radius 1 is 1.45 bits per heavy atom. The molecule has 0 saturated heterocycles. The molecule has 2 rings (SSSR count). The van der Waals surface area contributed by atoms with Crippen LogP contribution in [-0.2, 0) is 23.2 Å². The molecule has 1 heterocycles. The van der Waals surface area contributed by atoms with E-state index in [4.69, 9.17) is 16.3 Å². The molecular formula is C13H14ClN3O2S. The quantitative estimate of drug-likeness (QED) is 0.627. The predicted molar refractivity (Wildman–Crippen MR) is 77.6 cm³/mol. The molecule has 1 atom stereocenters. The molecule has 1 aromatic carbocycles. The highest BCUT2D eigenvalue weighted by molar-refractivity contribution is 8.00. The van der Waals surface area contributed by atoms with Gasteiger partial charge in [0.2, 0.25) is 0 Å². The molecule has 0 N–H and O–H groups in total. The molecule has 5 nitrogen and oxygen atoms in total. The molecule has 20 heavy (non-hydrogen) atoms. The second-order valence-corrected chi connectivity index (χ2v) is 5.96. The van der Waals surface area contributed by atoms with E-state index in [0.29, 0.717) is 10.2 Å². The number of nitrogens with zero attached hydrogens (tertiary/aromatic N) is 3. The van der Waals surface area contributed by atoms with Gasteiger partial charge in [0.25, 0.3) is 0 Å². The standard InChI is InChI=1S/C13H14ClN3O2S/c1-9(20-13-16-15-8-17(13)2)12(18)19-7-10-3-5-11(14)6-4-10/h3-6,8-9H,7H2,1-2H3. The average Bonchev–Trinajstić information content (AvgIpc) is 2.83. The number of halogens is 1. The molecular weight excluding hydrogens is 298 g/mol. The lowest BCUT2D eigenvalue weighted by atomic mass is 10.2. The molecule has 106 valence electrons. The van der Waals surface area contributed by atoms with Crippen molar-refractivity contribution in [3.8, 4) is 0 Å². The number of hydrogen-bond acceptors (Lipinski definition) is 5. The Hall–Kier alpha value is -1.53. The molecule has 0 saturated carbocycles. The molecule has 0 radical (unpaired) electrons. The molecule has 0 fully saturated rings. The lowest BCUT2D eigenvalue weighted by Crippen LogP contribution is -2.17. The number of rotatable bonds is 5. The Balaban J connectivity index is 1.85. The zero-order chi connectivity index (χ0) is 14.5. The van der Waals surface area contributed by atoms with Crippen molar-refractivity contribution < 1.29 is 9.53 Å². The van der Waals surface area contributed by atoms with Crippen LogP contribution < -0.4 is 0 Å². The SMILES string of the molecule is CC(Sc1nncn1C)C(=O)OCc1ccc(Cl)cc1. The molecule has 0 aliphatic rings. The Morgan fingerprint density at radius 2 is 2.15 bits per heavy atom. The zero-order valence-electron chi connectivity index (χ0n) is 11.1. The minimum atomic E-state index is -0.342. The third kappa shape index (κ3) is 3.98. The first-order chi connectivity index (χ1) is 9.56. The van der Waals surface area contributed by atoms with Gasteiger partial charge in [-0.25, -0.2) is 0 Å². The van der Waals surface area contributed by atoms with Gasteiger partial charge in [-0.1, -0.05) is 35.5 Å². The van der Waals surface area contributed by atoms with Gasteiger partial charge in [-0.15, -0.1) is 10.2 Å². The minimum absolute atomic E-state index is 0.236. The van der Waals surface area contributed by atoms with E-state index < -0.39 is 0 Å². The van der Waals surface area contributed by atoms with Crippen molar-refractivity contribution in [3.63, 3.8) is 0 Å². The Morgan fingerprint density at radius 3 is 2.75 bits per heavy atom. The molecule has 1 aromatic heterocycles. The number of benzene rings is 1. The summed E-state index contributed by atoms with van der Waals surface area (Å²) in [5.41, 5.74) is 0.901. The summed E-state index contributed by atoms with van der Waals surface area (Å²) in [7, 11) is 1.83. The van der Waals surface area contributed by atoms with Crippen LogP contribution >= 0.6 is 23.4 Å². The van der Waals surface area contributed by atoms with Gasteiger partial charge in [-0.2, -0.15) is 0 Å². The first kappa shape index (κ1) is 14.9. The lowest BCUT2D eigenvalue weighted by molar-refractivity contribution is -0.143. The summed E-state index contributed by atoms with van der Waals surface area (Å²) in [6, 6.07) is 7.19. The highest BCUT2D eigenvalue weighted by Crippen LogP contribution is 2.21. The fraction of sp³-hybridized carbons (Fsp3) is 0.308. The van der Waals surface area contributed by atoms with Gasteiger partial charge in [-0.3, -0.25) is 4.79 Å². The Labute approximate surface area is 126 Å². The van der Waals surface area contributed by atoms with Crippen molar-refractivity contribution >= 4 is 29.3 Å². The lowest BCUT2D eigenvalue weighted by Gasteiger charge is -2.10. The summed E-state index contributed by atoms with van der Waals surface area (Å²) >= 11 is 7.11.